The minimum Gasteiger partial charge on any atom is -0.456 e. The van der Waals surface area contributed by atoms with Crippen LogP contribution in [0.25, 0.3) is 16.6 Å². The molecule has 28 heavy (non-hydrogen) atoms. The Kier molecular flexibility index (Phi) is 4.31. The molecule has 6 nitrogen and oxygen atoms in total. The van der Waals surface area contributed by atoms with E-state index in [0.717, 1.165) is 16.6 Å². The summed E-state index contributed by atoms with van der Waals surface area (Å²) in [5.41, 5.74) is 3.75. The van der Waals surface area contributed by atoms with Crippen LogP contribution in [0.3, 0.4) is 0 Å². The molecule has 0 bridgehead atoms. The van der Waals surface area contributed by atoms with Crippen molar-refractivity contribution >= 4 is 34.3 Å². The minimum atomic E-state index is -0.659. The number of esters is 1. The van der Waals surface area contributed by atoms with Gasteiger partial charge in [0.25, 0.3) is 5.91 Å². The first-order valence-electron chi connectivity index (χ1n) is 8.83. The molecule has 0 saturated carbocycles. The summed E-state index contributed by atoms with van der Waals surface area (Å²) in [6.07, 6.45) is 0. The highest BCUT2D eigenvalue weighted by Crippen LogP contribution is 2.30. The topological polar surface area (TPSA) is 79.5 Å². The Balaban J connectivity index is 1.43. The summed E-state index contributed by atoms with van der Waals surface area (Å²) < 4.78 is 5.15. The van der Waals surface area contributed by atoms with Crippen LogP contribution in [-0.2, 0) is 9.53 Å². The summed E-state index contributed by atoms with van der Waals surface area (Å²) in [7, 11) is 0. The minimum absolute atomic E-state index is 0.285. The van der Waals surface area contributed by atoms with Crippen molar-refractivity contribution in [1.82, 2.24) is 9.88 Å². The Labute approximate surface area is 161 Å². The first kappa shape index (κ1) is 17.7. The second-order valence-corrected chi connectivity index (χ2v) is 6.64. The standard InChI is InChI=1S/C22H18N2O4/c1-13-21(17-9-5-6-10-18(17)23-13)19(25)12-28-20(26)11-24-14(2)15-7-3-4-8-16(15)22(24)27/h3-10,23H,2,11-12H2,1H3. The number of ether oxygens (including phenoxy) is 1. The second-order valence-electron chi connectivity index (χ2n) is 6.64. The van der Waals surface area contributed by atoms with Crippen molar-refractivity contribution in [3.05, 3.63) is 77.5 Å². The number of rotatable bonds is 5. The first-order valence-corrected chi connectivity index (χ1v) is 8.83. The normalized spacial score (nSPS) is 13.1. The van der Waals surface area contributed by atoms with E-state index in [2.05, 4.69) is 11.6 Å². The van der Waals surface area contributed by atoms with Gasteiger partial charge in [0.2, 0.25) is 5.78 Å². The molecule has 1 aliphatic heterocycles. The average molecular weight is 374 g/mol. The van der Waals surface area contributed by atoms with Crippen molar-refractivity contribution in [1.29, 1.82) is 0 Å². The number of amides is 1. The predicted molar refractivity (Wildman–Crippen MR) is 105 cm³/mol. The largest absolute Gasteiger partial charge is 0.456 e. The van der Waals surface area contributed by atoms with Crippen molar-refractivity contribution in [3.8, 4) is 0 Å². The number of H-pyrrole nitrogens is 1. The molecule has 0 unspecified atom stereocenters. The van der Waals surface area contributed by atoms with E-state index in [-0.39, 0.29) is 24.8 Å². The fourth-order valence-corrected chi connectivity index (χ4v) is 3.53. The molecular weight excluding hydrogens is 356 g/mol. The lowest BCUT2D eigenvalue weighted by atomic mass is 10.1. The third-order valence-corrected chi connectivity index (χ3v) is 4.86. The molecule has 2 aromatic carbocycles. The molecule has 0 atom stereocenters. The molecule has 0 fully saturated rings. The molecule has 1 amide bonds. The molecule has 6 heteroatoms. The maximum atomic E-state index is 12.6. The summed E-state index contributed by atoms with van der Waals surface area (Å²) in [6, 6.07) is 14.5. The van der Waals surface area contributed by atoms with E-state index < -0.39 is 5.97 Å². The number of aryl methyl sites for hydroxylation is 1. The molecule has 0 radical (unpaired) electrons. The van der Waals surface area contributed by atoms with Gasteiger partial charge in [0, 0.05) is 39.0 Å². The summed E-state index contributed by atoms with van der Waals surface area (Å²) >= 11 is 0. The van der Waals surface area contributed by atoms with Crippen molar-refractivity contribution in [2.45, 2.75) is 6.92 Å². The van der Waals surface area contributed by atoms with Crippen LogP contribution < -0.4 is 0 Å². The van der Waals surface area contributed by atoms with Crippen LogP contribution in [0.5, 0.6) is 0 Å². The van der Waals surface area contributed by atoms with Gasteiger partial charge in [-0.25, -0.2) is 0 Å². The number of hydrogen-bond acceptors (Lipinski definition) is 4. The monoisotopic (exact) mass is 374 g/mol. The number of carbonyl (C=O) groups excluding carboxylic acids is 3. The van der Waals surface area contributed by atoms with Crippen LogP contribution >= 0.6 is 0 Å². The Morgan fingerprint density at radius 2 is 1.75 bits per heavy atom. The molecule has 0 aliphatic carbocycles. The van der Waals surface area contributed by atoms with E-state index in [0.29, 0.717) is 22.4 Å². The van der Waals surface area contributed by atoms with E-state index in [9.17, 15) is 14.4 Å². The Bertz CT molecular complexity index is 1110. The van der Waals surface area contributed by atoms with Gasteiger partial charge in [-0.1, -0.05) is 43.0 Å². The van der Waals surface area contributed by atoms with Gasteiger partial charge in [-0.2, -0.15) is 0 Å². The molecule has 3 aromatic rings. The van der Waals surface area contributed by atoms with E-state index >= 15 is 0 Å². The maximum absolute atomic E-state index is 12.6. The van der Waals surface area contributed by atoms with E-state index in [1.807, 2.05) is 24.3 Å². The van der Waals surface area contributed by atoms with Crippen LogP contribution in [0.4, 0.5) is 0 Å². The van der Waals surface area contributed by atoms with Crippen LogP contribution in [0.1, 0.15) is 32.0 Å². The number of aromatic amines is 1. The van der Waals surface area contributed by atoms with Crippen LogP contribution in [0.2, 0.25) is 0 Å². The third-order valence-electron chi connectivity index (χ3n) is 4.86. The van der Waals surface area contributed by atoms with Gasteiger partial charge < -0.3 is 9.72 Å². The lowest BCUT2D eigenvalue weighted by Gasteiger charge is -2.16. The van der Waals surface area contributed by atoms with Gasteiger partial charge >= 0.3 is 5.97 Å². The fraction of sp³-hybridized carbons (Fsp3) is 0.136. The van der Waals surface area contributed by atoms with Gasteiger partial charge in [0.05, 0.1) is 0 Å². The predicted octanol–water partition coefficient (Wildman–Crippen LogP) is 3.33. The number of nitrogens with zero attached hydrogens (tertiary/aromatic N) is 1. The number of nitrogens with one attached hydrogen (secondary N) is 1. The molecule has 4 rings (SSSR count). The first-order chi connectivity index (χ1) is 13.5. The maximum Gasteiger partial charge on any atom is 0.326 e. The fourth-order valence-electron chi connectivity index (χ4n) is 3.53. The van der Waals surface area contributed by atoms with Gasteiger partial charge in [0.1, 0.15) is 6.54 Å². The summed E-state index contributed by atoms with van der Waals surface area (Å²) in [6.45, 7) is 5.02. The second kappa shape index (κ2) is 6.81. The van der Waals surface area contributed by atoms with E-state index in [4.69, 9.17) is 4.74 Å². The van der Waals surface area contributed by atoms with Gasteiger partial charge in [-0.3, -0.25) is 19.3 Å². The Morgan fingerprint density at radius 3 is 2.50 bits per heavy atom. The van der Waals surface area contributed by atoms with Crippen LogP contribution in [-0.4, -0.2) is 40.7 Å². The smallest absolute Gasteiger partial charge is 0.326 e. The highest BCUT2D eigenvalue weighted by Gasteiger charge is 2.32. The molecule has 1 aromatic heterocycles. The van der Waals surface area contributed by atoms with E-state index in [1.165, 1.54) is 4.90 Å². The average Bonchev–Trinajstić information content (AvgIpc) is 3.15. The zero-order valence-corrected chi connectivity index (χ0v) is 15.3. The molecule has 2 heterocycles. The number of hydrogen-bond donors (Lipinski definition) is 1. The number of fused-ring (bicyclic) bond motifs is 2. The number of benzene rings is 2. The van der Waals surface area contributed by atoms with Gasteiger partial charge in [-0.15, -0.1) is 0 Å². The Morgan fingerprint density at radius 1 is 1.07 bits per heavy atom. The SMILES string of the molecule is C=C1c2ccccc2C(=O)N1CC(=O)OCC(=O)c1c(C)[nH]c2ccccc12. The Hall–Kier alpha value is -3.67. The zero-order valence-electron chi connectivity index (χ0n) is 15.3. The number of Topliss-reactive ketones (excluding diaryl/α,β-unsaturated/α-hetero) is 1. The van der Waals surface area contributed by atoms with Gasteiger partial charge in [-0.05, 0) is 19.1 Å². The number of para-hydroxylation sites is 1. The van der Waals surface area contributed by atoms with Gasteiger partial charge in [0.15, 0.2) is 6.61 Å². The number of aromatic nitrogens is 1. The van der Waals surface area contributed by atoms with Crippen LogP contribution in [0.15, 0.2) is 55.1 Å². The highest BCUT2D eigenvalue weighted by molar-refractivity contribution is 6.11. The van der Waals surface area contributed by atoms with Crippen molar-refractivity contribution in [3.63, 3.8) is 0 Å². The molecular formula is C22H18N2O4. The zero-order chi connectivity index (χ0) is 19.8. The lowest BCUT2D eigenvalue weighted by molar-refractivity contribution is -0.142. The molecule has 0 spiro atoms. The van der Waals surface area contributed by atoms with Crippen molar-refractivity contribution < 1.29 is 19.1 Å². The van der Waals surface area contributed by atoms with Crippen molar-refractivity contribution in [2.75, 3.05) is 13.2 Å². The third kappa shape index (κ3) is 2.89. The summed E-state index contributed by atoms with van der Waals surface area (Å²) in [5, 5.41) is 0.791. The summed E-state index contributed by atoms with van der Waals surface area (Å²) in [5.74, 6) is -1.25. The molecule has 140 valence electrons. The van der Waals surface area contributed by atoms with E-state index in [1.54, 1.807) is 31.2 Å². The molecule has 1 aliphatic rings. The summed E-state index contributed by atoms with van der Waals surface area (Å²) in [4.78, 5) is 41.7. The number of ketones is 1. The molecule has 0 saturated heterocycles. The van der Waals surface area contributed by atoms with Crippen molar-refractivity contribution in [2.24, 2.45) is 0 Å². The highest BCUT2D eigenvalue weighted by atomic mass is 16.5. The van der Waals surface area contributed by atoms with Crippen LogP contribution in [0, 0.1) is 6.92 Å². The lowest BCUT2D eigenvalue weighted by Crippen LogP contribution is -2.31. The molecule has 1 N–H and O–H groups in total. The quantitative estimate of drug-likeness (QED) is 0.549. The number of carbonyl (C=O) groups is 3.